The van der Waals surface area contributed by atoms with Crippen molar-refractivity contribution in [2.24, 2.45) is 5.41 Å². The molecule has 1 fully saturated rings. The van der Waals surface area contributed by atoms with E-state index in [4.69, 9.17) is 0 Å². The van der Waals surface area contributed by atoms with E-state index in [-0.39, 0.29) is 0 Å². The van der Waals surface area contributed by atoms with Gasteiger partial charge in [-0.25, -0.2) is 0 Å². The van der Waals surface area contributed by atoms with E-state index in [1.807, 2.05) is 0 Å². The van der Waals surface area contributed by atoms with Crippen molar-refractivity contribution in [2.75, 3.05) is 6.54 Å². The van der Waals surface area contributed by atoms with Crippen LogP contribution in [0.5, 0.6) is 0 Å². The Labute approximate surface area is 76.9 Å². The molecule has 0 amide bonds. The summed E-state index contributed by atoms with van der Waals surface area (Å²) in [7, 11) is 0. The summed E-state index contributed by atoms with van der Waals surface area (Å²) in [6, 6.07) is 0.755. The van der Waals surface area contributed by atoms with E-state index in [0.717, 1.165) is 12.6 Å². The van der Waals surface area contributed by atoms with Crippen LogP contribution < -0.4 is 5.32 Å². The highest BCUT2D eigenvalue weighted by molar-refractivity contribution is 4.90. The van der Waals surface area contributed by atoms with Crippen molar-refractivity contribution in [3.8, 4) is 0 Å². The zero-order chi connectivity index (χ0) is 9.03. The third kappa shape index (κ3) is 2.01. The lowest BCUT2D eigenvalue weighted by Crippen LogP contribution is -2.41. The zero-order valence-corrected chi connectivity index (χ0v) is 8.82. The van der Waals surface area contributed by atoms with E-state index in [0.29, 0.717) is 5.41 Å². The molecule has 1 rings (SSSR count). The molecule has 1 N–H and O–H groups in total. The molecule has 1 saturated carbocycles. The van der Waals surface area contributed by atoms with Gasteiger partial charge in [-0.15, -0.1) is 0 Å². The third-order valence-electron chi connectivity index (χ3n) is 3.45. The van der Waals surface area contributed by atoms with Crippen LogP contribution in [0.15, 0.2) is 0 Å². The molecule has 1 atom stereocenters. The molecule has 0 aromatic carbocycles. The molecule has 0 aliphatic heterocycles. The summed E-state index contributed by atoms with van der Waals surface area (Å²) in [5, 5.41) is 3.61. The molecule has 1 unspecified atom stereocenters. The van der Waals surface area contributed by atoms with Crippen LogP contribution in [-0.4, -0.2) is 12.6 Å². The molecule has 0 radical (unpaired) electrons. The maximum atomic E-state index is 3.61. The molecule has 0 aromatic rings. The van der Waals surface area contributed by atoms with Crippen molar-refractivity contribution in [1.29, 1.82) is 0 Å². The van der Waals surface area contributed by atoms with E-state index in [1.54, 1.807) is 0 Å². The maximum absolute atomic E-state index is 3.61. The molecule has 0 saturated heterocycles. The predicted molar refractivity (Wildman–Crippen MR) is 54.3 cm³/mol. The predicted octanol–water partition coefficient (Wildman–Crippen LogP) is 2.95. The van der Waals surface area contributed by atoms with Crippen molar-refractivity contribution in [3.05, 3.63) is 0 Å². The van der Waals surface area contributed by atoms with Crippen molar-refractivity contribution in [3.63, 3.8) is 0 Å². The van der Waals surface area contributed by atoms with Gasteiger partial charge in [0.05, 0.1) is 0 Å². The van der Waals surface area contributed by atoms with E-state index < -0.39 is 0 Å². The Balaban J connectivity index is 2.50. The van der Waals surface area contributed by atoms with E-state index >= 15 is 0 Å². The average molecular weight is 169 g/mol. The Hall–Kier alpha value is -0.0400. The Morgan fingerprint density at radius 3 is 2.25 bits per heavy atom. The third-order valence-corrected chi connectivity index (χ3v) is 3.45. The SMILES string of the molecule is CCNC(CC)C1(C)CCCC1. The van der Waals surface area contributed by atoms with Gasteiger partial charge < -0.3 is 5.32 Å². The normalized spacial score (nSPS) is 24.2. The first-order chi connectivity index (χ1) is 5.73. The minimum absolute atomic E-state index is 0.602. The zero-order valence-electron chi connectivity index (χ0n) is 8.82. The van der Waals surface area contributed by atoms with Crippen LogP contribution in [0.2, 0.25) is 0 Å². The monoisotopic (exact) mass is 169 g/mol. The molecular weight excluding hydrogens is 146 g/mol. The highest BCUT2D eigenvalue weighted by atomic mass is 14.9. The molecule has 1 aliphatic rings. The summed E-state index contributed by atoms with van der Waals surface area (Å²) >= 11 is 0. The topological polar surface area (TPSA) is 12.0 Å². The summed E-state index contributed by atoms with van der Waals surface area (Å²) in [6.45, 7) is 8.09. The first-order valence-corrected chi connectivity index (χ1v) is 5.46. The summed E-state index contributed by atoms with van der Waals surface area (Å²) in [4.78, 5) is 0. The molecule has 0 heterocycles. The van der Waals surface area contributed by atoms with Crippen LogP contribution in [0.3, 0.4) is 0 Å². The van der Waals surface area contributed by atoms with Crippen molar-refractivity contribution in [1.82, 2.24) is 5.32 Å². The largest absolute Gasteiger partial charge is 0.314 e. The van der Waals surface area contributed by atoms with Crippen LogP contribution in [0.1, 0.15) is 52.9 Å². The number of hydrogen-bond acceptors (Lipinski definition) is 1. The smallest absolute Gasteiger partial charge is 0.0118 e. The molecule has 0 spiro atoms. The minimum Gasteiger partial charge on any atom is -0.314 e. The maximum Gasteiger partial charge on any atom is 0.0118 e. The second-order valence-corrected chi connectivity index (χ2v) is 4.38. The summed E-state index contributed by atoms with van der Waals surface area (Å²) in [6.07, 6.45) is 7.03. The Kier molecular flexibility index (Phi) is 3.57. The molecule has 1 heteroatoms. The number of hydrogen-bond donors (Lipinski definition) is 1. The van der Waals surface area contributed by atoms with E-state index in [2.05, 4.69) is 26.1 Å². The second-order valence-electron chi connectivity index (χ2n) is 4.38. The molecule has 72 valence electrons. The van der Waals surface area contributed by atoms with Crippen LogP contribution >= 0.6 is 0 Å². The lowest BCUT2D eigenvalue weighted by atomic mass is 9.79. The van der Waals surface area contributed by atoms with Gasteiger partial charge in [0, 0.05) is 6.04 Å². The Bertz CT molecular complexity index is 125. The van der Waals surface area contributed by atoms with Crippen molar-refractivity contribution >= 4 is 0 Å². The van der Waals surface area contributed by atoms with Gasteiger partial charge in [0.25, 0.3) is 0 Å². The van der Waals surface area contributed by atoms with Gasteiger partial charge in [0.1, 0.15) is 0 Å². The Morgan fingerprint density at radius 1 is 1.25 bits per heavy atom. The van der Waals surface area contributed by atoms with Gasteiger partial charge in [0.15, 0.2) is 0 Å². The Morgan fingerprint density at radius 2 is 1.83 bits per heavy atom. The van der Waals surface area contributed by atoms with Gasteiger partial charge in [-0.1, -0.05) is 33.6 Å². The lowest BCUT2D eigenvalue weighted by Gasteiger charge is -2.34. The molecule has 0 bridgehead atoms. The van der Waals surface area contributed by atoms with Gasteiger partial charge in [0.2, 0.25) is 0 Å². The fourth-order valence-corrected chi connectivity index (χ4v) is 2.66. The fourth-order valence-electron chi connectivity index (χ4n) is 2.66. The lowest BCUT2D eigenvalue weighted by molar-refractivity contribution is 0.218. The van der Waals surface area contributed by atoms with E-state index in [9.17, 15) is 0 Å². The first kappa shape index (κ1) is 10.0. The fraction of sp³-hybridized carbons (Fsp3) is 1.00. The summed E-state index contributed by atoms with van der Waals surface area (Å²) in [5.74, 6) is 0. The molecule has 0 aromatic heterocycles. The van der Waals surface area contributed by atoms with Gasteiger partial charge >= 0.3 is 0 Å². The van der Waals surface area contributed by atoms with E-state index in [1.165, 1.54) is 32.1 Å². The quantitative estimate of drug-likeness (QED) is 0.682. The molecule has 12 heavy (non-hydrogen) atoms. The van der Waals surface area contributed by atoms with Crippen LogP contribution in [0.4, 0.5) is 0 Å². The van der Waals surface area contributed by atoms with Crippen LogP contribution in [0.25, 0.3) is 0 Å². The first-order valence-electron chi connectivity index (χ1n) is 5.46. The highest BCUT2D eigenvalue weighted by Gasteiger charge is 2.35. The van der Waals surface area contributed by atoms with Crippen molar-refractivity contribution in [2.45, 2.75) is 58.9 Å². The van der Waals surface area contributed by atoms with Crippen LogP contribution in [0, 0.1) is 5.41 Å². The molecular formula is C11H23N. The summed E-state index contributed by atoms with van der Waals surface area (Å²) < 4.78 is 0. The standard InChI is InChI=1S/C11H23N/c1-4-10(12-5-2)11(3)8-6-7-9-11/h10,12H,4-9H2,1-3H3. The highest BCUT2D eigenvalue weighted by Crippen LogP contribution is 2.41. The van der Waals surface area contributed by atoms with Gasteiger partial charge in [-0.05, 0) is 31.2 Å². The van der Waals surface area contributed by atoms with Gasteiger partial charge in [-0.3, -0.25) is 0 Å². The minimum atomic E-state index is 0.602. The average Bonchev–Trinajstić information content (AvgIpc) is 2.49. The molecule has 1 nitrogen and oxygen atoms in total. The number of nitrogens with one attached hydrogen (secondary N) is 1. The summed E-state index contributed by atoms with van der Waals surface area (Å²) in [5.41, 5.74) is 0.602. The van der Waals surface area contributed by atoms with Gasteiger partial charge in [-0.2, -0.15) is 0 Å². The van der Waals surface area contributed by atoms with Crippen LogP contribution in [-0.2, 0) is 0 Å². The number of rotatable bonds is 4. The second kappa shape index (κ2) is 4.27. The van der Waals surface area contributed by atoms with Crippen molar-refractivity contribution < 1.29 is 0 Å². The molecule has 1 aliphatic carbocycles.